The van der Waals surface area contributed by atoms with Crippen molar-refractivity contribution in [1.82, 2.24) is 20.4 Å². The number of amides is 1. The minimum atomic E-state index is -0.263. The molecule has 1 amide bonds. The van der Waals surface area contributed by atoms with Crippen molar-refractivity contribution < 1.29 is 4.79 Å². The number of hydrogen-bond acceptors (Lipinski definition) is 3. The third-order valence-electron chi connectivity index (χ3n) is 6.08. The van der Waals surface area contributed by atoms with Gasteiger partial charge in [0.05, 0.1) is 5.41 Å². The smallest absolute Gasteiger partial charge is 0.230 e. The number of guanidine groups is 1. The fourth-order valence-corrected chi connectivity index (χ4v) is 4.44. The van der Waals surface area contributed by atoms with Crippen LogP contribution in [-0.2, 0) is 4.79 Å². The van der Waals surface area contributed by atoms with Gasteiger partial charge in [0.15, 0.2) is 5.96 Å². The van der Waals surface area contributed by atoms with E-state index in [0.29, 0.717) is 18.5 Å². The SMILES string of the molecule is CN=C(NCC1CCCN(C(C)C)C1)NCC1(C(=O)N(C)C)CCCC1.I. The summed E-state index contributed by atoms with van der Waals surface area (Å²) in [5, 5.41) is 6.93. The van der Waals surface area contributed by atoms with E-state index >= 15 is 0 Å². The van der Waals surface area contributed by atoms with Gasteiger partial charge >= 0.3 is 0 Å². The molecule has 2 aliphatic rings. The maximum Gasteiger partial charge on any atom is 0.230 e. The second-order valence-corrected chi connectivity index (χ2v) is 8.59. The van der Waals surface area contributed by atoms with Crippen LogP contribution in [-0.4, -0.2) is 75.0 Å². The van der Waals surface area contributed by atoms with Crippen molar-refractivity contribution in [3.05, 3.63) is 0 Å². The number of piperidine rings is 1. The number of aliphatic imine (C=N–C) groups is 1. The van der Waals surface area contributed by atoms with E-state index in [9.17, 15) is 4.79 Å². The summed E-state index contributed by atoms with van der Waals surface area (Å²) >= 11 is 0. The molecule has 2 N–H and O–H groups in total. The van der Waals surface area contributed by atoms with E-state index in [2.05, 4.69) is 34.4 Å². The highest BCUT2D eigenvalue weighted by Gasteiger charge is 2.42. The lowest BCUT2D eigenvalue weighted by Crippen LogP contribution is -2.50. The predicted molar refractivity (Wildman–Crippen MR) is 124 cm³/mol. The topological polar surface area (TPSA) is 60.0 Å². The van der Waals surface area contributed by atoms with Gasteiger partial charge in [-0.25, -0.2) is 0 Å². The lowest BCUT2D eigenvalue weighted by Gasteiger charge is -2.36. The van der Waals surface area contributed by atoms with Crippen LogP contribution in [0.5, 0.6) is 0 Å². The monoisotopic (exact) mass is 493 g/mol. The van der Waals surface area contributed by atoms with Crippen LogP contribution in [0.3, 0.4) is 0 Å². The molecule has 6 nitrogen and oxygen atoms in total. The van der Waals surface area contributed by atoms with E-state index in [4.69, 9.17) is 0 Å². The Hall–Kier alpha value is -0.570. The summed E-state index contributed by atoms with van der Waals surface area (Å²) < 4.78 is 0. The number of nitrogens with one attached hydrogen (secondary N) is 2. The molecule has 1 saturated carbocycles. The minimum Gasteiger partial charge on any atom is -0.356 e. The van der Waals surface area contributed by atoms with Crippen molar-refractivity contribution in [2.24, 2.45) is 16.3 Å². The summed E-state index contributed by atoms with van der Waals surface area (Å²) in [5.41, 5.74) is -0.263. The molecule has 1 atom stereocenters. The van der Waals surface area contributed by atoms with Crippen LogP contribution in [0.25, 0.3) is 0 Å². The second kappa shape index (κ2) is 11.4. The first-order valence-electron chi connectivity index (χ1n) is 10.3. The molecule has 1 heterocycles. The zero-order chi connectivity index (χ0) is 19.2. The Labute approximate surface area is 182 Å². The highest BCUT2D eigenvalue weighted by atomic mass is 127. The largest absolute Gasteiger partial charge is 0.356 e. The lowest BCUT2D eigenvalue weighted by atomic mass is 9.84. The first kappa shape index (κ1) is 24.5. The Kier molecular flexibility index (Phi) is 10.4. The molecule has 158 valence electrons. The Bertz CT molecular complexity index is 489. The Balaban J connectivity index is 0.00000364. The van der Waals surface area contributed by atoms with Gasteiger partial charge in [0.2, 0.25) is 5.91 Å². The zero-order valence-corrected chi connectivity index (χ0v) is 20.2. The normalized spacial score (nSPS) is 23.0. The Morgan fingerprint density at radius 2 is 1.89 bits per heavy atom. The number of carbonyl (C=O) groups is 1. The highest BCUT2D eigenvalue weighted by molar-refractivity contribution is 14.0. The summed E-state index contributed by atoms with van der Waals surface area (Å²) in [6.45, 7) is 8.54. The highest BCUT2D eigenvalue weighted by Crippen LogP contribution is 2.38. The molecule has 1 aliphatic carbocycles. The van der Waals surface area contributed by atoms with Crippen LogP contribution in [0.2, 0.25) is 0 Å². The van der Waals surface area contributed by atoms with E-state index in [1.807, 2.05) is 21.1 Å². The van der Waals surface area contributed by atoms with Gasteiger partial charge in [-0.1, -0.05) is 12.8 Å². The van der Waals surface area contributed by atoms with Crippen molar-refractivity contribution in [2.45, 2.75) is 58.4 Å². The van der Waals surface area contributed by atoms with Crippen molar-refractivity contribution in [3.8, 4) is 0 Å². The molecule has 0 aromatic carbocycles. The van der Waals surface area contributed by atoms with Gasteiger partial charge in [-0.2, -0.15) is 0 Å². The van der Waals surface area contributed by atoms with Crippen LogP contribution in [0, 0.1) is 11.3 Å². The molecule has 2 rings (SSSR count). The quantitative estimate of drug-likeness (QED) is 0.339. The van der Waals surface area contributed by atoms with Crippen LogP contribution >= 0.6 is 24.0 Å². The molecular formula is C20H40IN5O. The summed E-state index contributed by atoms with van der Waals surface area (Å²) in [4.78, 5) is 21.4. The Morgan fingerprint density at radius 3 is 2.44 bits per heavy atom. The molecule has 0 spiro atoms. The van der Waals surface area contributed by atoms with Gasteiger partial charge < -0.3 is 20.4 Å². The minimum absolute atomic E-state index is 0. The molecule has 0 aromatic heterocycles. The Morgan fingerprint density at radius 1 is 1.22 bits per heavy atom. The molecule has 7 heteroatoms. The molecule has 0 aromatic rings. The molecule has 1 unspecified atom stereocenters. The number of nitrogens with zero attached hydrogens (tertiary/aromatic N) is 3. The van der Waals surface area contributed by atoms with Crippen LogP contribution in [0.15, 0.2) is 4.99 Å². The summed E-state index contributed by atoms with van der Waals surface area (Å²) in [6.07, 6.45) is 6.77. The van der Waals surface area contributed by atoms with E-state index in [1.54, 1.807) is 4.90 Å². The molecule has 1 aliphatic heterocycles. The van der Waals surface area contributed by atoms with Crippen LogP contribution < -0.4 is 10.6 Å². The van der Waals surface area contributed by atoms with E-state index in [0.717, 1.165) is 44.7 Å². The standard InChI is InChI=1S/C20H39N5O.HI/c1-16(2)25-12-8-9-17(14-25)13-22-19(21-3)23-15-20(10-6-7-11-20)18(26)24(4)5;/h16-17H,6-15H2,1-5H3,(H2,21,22,23);1H. The predicted octanol–water partition coefficient (Wildman–Crippen LogP) is 2.54. The van der Waals surface area contributed by atoms with Gasteiger partial charge in [-0.3, -0.25) is 9.79 Å². The average Bonchev–Trinajstić information content (AvgIpc) is 3.11. The van der Waals surface area contributed by atoms with Crippen molar-refractivity contribution >= 4 is 35.8 Å². The first-order valence-corrected chi connectivity index (χ1v) is 10.3. The summed E-state index contributed by atoms with van der Waals surface area (Å²) in [6, 6.07) is 0.620. The molecule has 0 radical (unpaired) electrons. The van der Waals surface area contributed by atoms with Crippen LogP contribution in [0.1, 0.15) is 52.4 Å². The molecular weight excluding hydrogens is 453 g/mol. The number of halogens is 1. The third kappa shape index (κ3) is 6.76. The molecule has 0 bridgehead atoms. The van der Waals surface area contributed by atoms with E-state index < -0.39 is 0 Å². The van der Waals surface area contributed by atoms with Gasteiger partial charge in [0.25, 0.3) is 0 Å². The van der Waals surface area contributed by atoms with Crippen molar-refractivity contribution in [1.29, 1.82) is 0 Å². The third-order valence-corrected chi connectivity index (χ3v) is 6.08. The first-order chi connectivity index (χ1) is 12.4. The summed E-state index contributed by atoms with van der Waals surface area (Å²) in [7, 11) is 5.53. The van der Waals surface area contributed by atoms with Gasteiger partial charge in [-0.15, -0.1) is 24.0 Å². The van der Waals surface area contributed by atoms with Crippen molar-refractivity contribution in [2.75, 3.05) is 47.3 Å². The van der Waals surface area contributed by atoms with E-state index in [1.165, 1.54) is 19.4 Å². The van der Waals surface area contributed by atoms with E-state index in [-0.39, 0.29) is 35.3 Å². The van der Waals surface area contributed by atoms with Gasteiger partial charge in [0.1, 0.15) is 0 Å². The fourth-order valence-electron chi connectivity index (χ4n) is 4.44. The number of likely N-dealkylation sites (tertiary alicyclic amines) is 1. The second-order valence-electron chi connectivity index (χ2n) is 8.59. The van der Waals surface area contributed by atoms with Crippen LogP contribution in [0.4, 0.5) is 0 Å². The maximum absolute atomic E-state index is 12.7. The summed E-state index contributed by atoms with van der Waals surface area (Å²) in [5.74, 6) is 1.73. The maximum atomic E-state index is 12.7. The van der Waals surface area contributed by atoms with Gasteiger partial charge in [0, 0.05) is 46.8 Å². The average molecular weight is 493 g/mol. The number of hydrogen-bond donors (Lipinski definition) is 2. The lowest BCUT2D eigenvalue weighted by molar-refractivity contribution is -0.138. The fraction of sp³-hybridized carbons (Fsp3) is 0.900. The molecule has 27 heavy (non-hydrogen) atoms. The van der Waals surface area contributed by atoms with Gasteiger partial charge in [-0.05, 0) is 52.0 Å². The number of carbonyl (C=O) groups excluding carboxylic acids is 1. The number of rotatable bonds is 6. The molecule has 2 fully saturated rings. The van der Waals surface area contributed by atoms with Crippen molar-refractivity contribution in [3.63, 3.8) is 0 Å². The molecule has 1 saturated heterocycles. The zero-order valence-electron chi connectivity index (χ0n) is 17.9.